The van der Waals surface area contributed by atoms with E-state index in [1.165, 1.54) is 32.4 Å². The number of hydrogen-bond donors (Lipinski definition) is 2. The highest BCUT2D eigenvalue weighted by molar-refractivity contribution is 6.32. The quantitative estimate of drug-likeness (QED) is 0.872. The number of para-hydroxylation sites is 1. The standard InChI is InChI=1S/C15H13ClF2N2O3/c1-22-12-7-11(13(23-2)6-8(12)16)19-15(21)20-14-9(17)4-3-5-10(14)18/h3-7H,1-2H3,(H2,19,20,21). The molecular formula is C15H13ClF2N2O3. The monoisotopic (exact) mass is 342 g/mol. The summed E-state index contributed by atoms with van der Waals surface area (Å²) in [5, 5.41) is 4.81. The third-order valence-corrected chi connectivity index (χ3v) is 3.22. The van der Waals surface area contributed by atoms with Crippen molar-refractivity contribution in [2.24, 2.45) is 0 Å². The summed E-state index contributed by atoms with van der Waals surface area (Å²) in [4.78, 5) is 12.0. The van der Waals surface area contributed by atoms with Crippen LogP contribution in [0.15, 0.2) is 30.3 Å². The average Bonchev–Trinajstić information content (AvgIpc) is 2.52. The lowest BCUT2D eigenvalue weighted by molar-refractivity contribution is 0.261. The van der Waals surface area contributed by atoms with Gasteiger partial charge in [-0.05, 0) is 12.1 Å². The molecule has 0 aliphatic carbocycles. The summed E-state index contributed by atoms with van der Waals surface area (Å²) in [5.74, 6) is -1.21. The number of hydrogen-bond acceptors (Lipinski definition) is 3. The average molecular weight is 343 g/mol. The van der Waals surface area contributed by atoms with Gasteiger partial charge in [-0.3, -0.25) is 0 Å². The number of nitrogens with one attached hydrogen (secondary N) is 2. The summed E-state index contributed by atoms with van der Waals surface area (Å²) in [6, 6.07) is 5.28. The van der Waals surface area contributed by atoms with Crippen LogP contribution < -0.4 is 20.1 Å². The SMILES string of the molecule is COc1cc(NC(=O)Nc2c(F)cccc2F)c(OC)cc1Cl. The number of methoxy groups -OCH3 is 2. The van der Waals surface area contributed by atoms with Gasteiger partial charge in [0.05, 0.1) is 24.9 Å². The first-order valence-corrected chi connectivity index (χ1v) is 6.77. The first-order chi connectivity index (χ1) is 11.0. The summed E-state index contributed by atoms with van der Waals surface area (Å²) in [5.41, 5.74) is -0.326. The molecule has 0 saturated heterocycles. The first-order valence-electron chi connectivity index (χ1n) is 6.39. The van der Waals surface area contributed by atoms with E-state index in [0.717, 1.165) is 12.1 Å². The molecule has 2 aromatic rings. The van der Waals surface area contributed by atoms with Gasteiger partial charge in [-0.15, -0.1) is 0 Å². The Labute approximate surface area is 136 Å². The topological polar surface area (TPSA) is 59.6 Å². The first kappa shape index (κ1) is 16.8. The highest BCUT2D eigenvalue weighted by atomic mass is 35.5. The van der Waals surface area contributed by atoms with E-state index in [4.69, 9.17) is 21.1 Å². The minimum Gasteiger partial charge on any atom is -0.495 e. The number of amides is 2. The maximum absolute atomic E-state index is 13.5. The van der Waals surface area contributed by atoms with E-state index in [1.807, 2.05) is 0 Å². The van der Waals surface area contributed by atoms with Crippen LogP contribution in [-0.4, -0.2) is 20.3 Å². The Hall–Kier alpha value is -2.54. The maximum Gasteiger partial charge on any atom is 0.323 e. The molecule has 0 aromatic heterocycles. The number of ether oxygens (including phenoxy) is 2. The highest BCUT2D eigenvalue weighted by Gasteiger charge is 2.15. The second-order valence-corrected chi connectivity index (χ2v) is 4.77. The normalized spacial score (nSPS) is 10.1. The number of anilines is 2. The van der Waals surface area contributed by atoms with Gasteiger partial charge in [-0.25, -0.2) is 13.6 Å². The Bertz CT molecular complexity index is 721. The molecule has 0 radical (unpaired) electrons. The van der Waals surface area contributed by atoms with Gasteiger partial charge in [0.1, 0.15) is 28.8 Å². The molecule has 0 spiro atoms. The van der Waals surface area contributed by atoms with Gasteiger partial charge in [0.25, 0.3) is 0 Å². The molecule has 0 heterocycles. The van der Waals surface area contributed by atoms with Crippen molar-refractivity contribution in [1.29, 1.82) is 0 Å². The van der Waals surface area contributed by atoms with Crippen LogP contribution in [0.3, 0.4) is 0 Å². The molecule has 0 aliphatic rings. The predicted molar refractivity (Wildman–Crippen MR) is 83.6 cm³/mol. The van der Waals surface area contributed by atoms with Crippen molar-refractivity contribution in [2.75, 3.05) is 24.9 Å². The molecule has 0 aliphatic heterocycles. The zero-order valence-electron chi connectivity index (χ0n) is 12.2. The Balaban J connectivity index is 2.23. The zero-order chi connectivity index (χ0) is 17.0. The van der Waals surface area contributed by atoms with Crippen molar-refractivity contribution in [3.63, 3.8) is 0 Å². The van der Waals surface area contributed by atoms with Crippen LogP contribution in [0.25, 0.3) is 0 Å². The van der Waals surface area contributed by atoms with Crippen LogP contribution in [0.5, 0.6) is 11.5 Å². The molecule has 23 heavy (non-hydrogen) atoms. The largest absolute Gasteiger partial charge is 0.495 e. The minimum atomic E-state index is -0.888. The van der Waals surface area contributed by atoms with E-state index in [0.29, 0.717) is 5.75 Å². The fraction of sp³-hybridized carbons (Fsp3) is 0.133. The van der Waals surface area contributed by atoms with Crippen molar-refractivity contribution in [1.82, 2.24) is 0 Å². The maximum atomic E-state index is 13.5. The van der Waals surface area contributed by atoms with Crippen LogP contribution in [-0.2, 0) is 0 Å². The molecule has 2 amide bonds. The number of rotatable bonds is 4. The number of carbonyl (C=O) groups excluding carboxylic acids is 1. The van der Waals surface area contributed by atoms with Gasteiger partial charge in [0.15, 0.2) is 0 Å². The van der Waals surface area contributed by atoms with Gasteiger partial charge < -0.3 is 20.1 Å². The van der Waals surface area contributed by atoms with Gasteiger partial charge in [-0.1, -0.05) is 17.7 Å². The number of benzene rings is 2. The van der Waals surface area contributed by atoms with Crippen molar-refractivity contribution in [3.8, 4) is 11.5 Å². The predicted octanol–water partition coefficient (Wildman–Crippen LogP) is 4.28. The van der Waals surface area contributed by atoms with Gasteiger partial charge in [0.2, 0.25) is 0 Å². The van der Waals surface area contributed by atoms with E-state index >= 15 is 0 Å². The van der Waals surface area contributed by atoms with Gasteiger partial charge >= 0.3 is 6.03 Å². The van der Waals surface area contributed by atoms with E-state index in [1.54, 1.807) is 0 Å². The van der Waals surface area contributed by atoms with Crippen LogP contribution in [0.4, 0.5) is 25.0 Å². The van der Waals surface area contributed by atoms with Gasteiger partial charge in [-0.2, -0.15) is 0 Å². The third kappa shape index (κ3) is 3.81. The van der Waals surface area contributed by atoms with Crippen LogP contribution in [0.1, 0.15) is 0 Å². The summed E-state index contributed by atoms with van der Waals surface area (Å²) in [6.07, 6.45) is 0. The summed E-state index contributed by atoms with van der Waals surface area (Å²) in [6.45, 7) is 0. The molecule has 0 fully saturated rings. The number of carbonyl (C=O) groups is 1. The molecule has 0 unspecified atom stereocenters. The molecule has 0 atom stereocenters. The lowest BCUT2D eigenvalue weighted by Gasteiger charge is -2.14. The lowest BCUT2D eigenvalue weighted by Crippen LogP contribution is -2.21. The molecule has 0 saturated carbocycles. The lowest BCUT2D eigenvalue weighted by atomic mass is 10.2. The Morgan fingerprint density at radius 3 is 2.22 bits per heavy atom. The highest BCUT2D eigenvalue weighted by Crippen LogP contribution is 2.36. The van der Waals surface area contributed by atoms with Crippen LogP contribution >= 0.6 is 11.6 Å². The van der Waals surface area contributed by atoms with Crippen molar-refractivity contribution < 1.29 is 23.0 Å². The molecule has 122 valence electrons. The molecular weight excluding hydrogens is 330 g/mol. The van der Waals surface area contributed by atoms with Crippen molar-refractivity contribution in [3.05, 3.63) is 47.0 Å². The zero-order valence-corrected chi connectivity index (χ0v) is 13.0. The minimum absolute atomic E-state index is 0.225. The van der Waals surface area contributed by atoms with Gasteiger partial charge in [0, 0.05) is 12.1 Å². The summed E-state index contributed by atoms with van der Waals surface area (Å²) >= 11 is 5.96. The van der Waals surface area contributed by atoms with E-state index < -0.39 is 23.4 Å². The molecule has 0 bridgehead atoms. The molecule has 2 N–H and O–H groups in total. The smallest absolute Gasteiger partial charge is 0.323 e. The summed E-state index contributed by atoms with van der Waals surface area (Å²) in [7, 11) is 2.80. The van der Waals surface area contributed by atoms with E-state index in [2.05, 4.69) is 10.6 Å². The van der Waals surface area contributed by atoms with Crippen molar-refractivity contribution in [2.45, 2.75) is 0 Å². The number of urea groups is 1. The Morgan fingerprint density at radius 1 is 1.04 bits per heavy atom. The van der Waals surface area contributed by atoms with Crippen molar-refractivity contribution >= 4 is 29.0 Å². The Morgan fingerprint density at radius 2 is 1.65 bits per heavy atom. The molecule has 2 rings (SSSR count). The summed E-state index contributed by atoms with van der Waals surface area (Å²) < 4.78 is 37.2. The molecule has 2 aromatic carbocycles. The van der Waals surface area contributed by atoms with Crippen LogP contribution in [0.2, 0.25) is 5.02 Å². The number of halogens is 3. The second kappa shape index (κ2) is 7.15. The van der Waals surface area contributed by atoms with Crippen LogP contribution in [0, 0.1) is 11.6 Å². The third-order valence-electron chi connectivity index (χ3n) is 2.92. The van der Waals surface area contributed by atoms with E-state index in [-0.39, 0.29) is 16.5 Å². The van der Waals surface area contributed by atoms with E-state index in [9.17, 15) is 13.6 Å². The molecule has 8 heteroatoms. The molecule has 5 nitrogen and oxygen atoms in total. The second-order valence-electron chi connectivity index (χ2n) is 4.36. The Kier molecular flexibility index (Phi) is 5.23. The fourth-order valence-corrected chi connectivity index (χ4v) is 2.07. The fourth-order valence-electron chi connectivity index (χ4n) is 1.84.